The van der Waals surface area contributed by atoms with E-state index in [2.05, 4.69) is 10.5 Å². The van der Waals surface area contributed by atoms with E-state index in [0.717, 1.165) is 6.07 Å². The zero-order chi connectivity index (χ0) is 17.7. The third-order valence-corrected chi connectivity index (χ3v) is 3.42. The minimum Gasteiger partial charge on any atom is -0.503 e. The predicted molar refractivity (Wildman–Crippen MR) is 87.8 cm³/mol. The normalized spacial score (nSPS) is 10.6. The van der Waals surface area contributed by atoms with Crippen LogP contribution in [0.25, 0.3) is 0 Å². The number of phenolic OH excluding ortho intramolecular Hbond substituents is 1. The van der Waals surface area contributed by atoms with Crippen LogP contribution in [0.2, 0.25) is 5.02 Å². The van der Waals surface area contributed by atoms with Crippen LogP contribution in [0.3, 0.4) is 0 Å². The summed E-state index contributed by atoms with van der Waals surface area (Å²) in [4.78, 5) is 22.0. The van der Waals surface area contributed by atoms with Crippen LogP contribution in [0.1, 0.15) is 15.9 Å². The van der Waals surface area contributed by atoms with E-state index in [1.165, 1.54) is 37.6 Å². The van der Waals surface area contributed by atoms with Gasteiger partial charge in [0.1, 0.15) is 0 Å². The molecule has 0 saturated heterocycles. The molecule has 1 amide bonds. The molecule has 8 nitrogen and oxygen atoms in total. The smallest absolute Gasteiger partial charge is 0.271 e. The number of hydrogen-bond donors (Lipinski definition) is 2. The molecule has 2 rings (SSSR count). The molecule has 0 atom stereocenters. The molecule has 24 heavy (non-hydrogen) atoms. The highest BCUT2D eigenvalue weighted by atomic mass is 35.5. The third kappa shape index (κ3) is 3.79. The van der Waals surface area contributed by atoms with E-state index < -0.39 is 10.8 Å². The number of benzene rings is 2. The molecule has 124 valence electrons. The van der Waals surface area contributed by atoms with Crippen molar-refractivity contribution < 1.29 is 19.6 Å². The summed E-state index contributed by atoms with van der Waals surface area (Å²) in [5.41, 5.74) is 2.47. The van der Waals surface area contributed by atoms with Gasteiger partial charge in [0.15, 0.2) is 11.5 Å². The van der Waals surface area contributed by atoms with Gasteiger partial charge in [0.2, 0.25) is 0 Å². The van der Waals surface area contributed by atoms with Crippen LogP contribution in [-0.4, -0.2) is 29.3 Å². The van der Waals surface area contributed by atoms with E-state index in [1.807, 2.05) is 0 Å². The summed E-state index contributed by atoms with van der Waals surface area (Å²) < 4.78 is 4.91. The van der Waals surface area contributed by atoms with Gasteiger partial charge in [-0.25, -0.2) is 5.43 Å². The molecule has 0 spiro atoms. The highest BCUT2D eigenvalue weighted by Crippen LogP contribution is 2.35. The van der Waals surface area contributed by atoms with E-state index in [0.29, 0.717) is 5.56 Å². The maximum Gasteiger partial charge on any atom is 0.271 e. The number of rotatable bonds is 5. The zero-order valence-corrected chi connectivity index (χ0v) is 13.1. The minimum atomic E-state index is -0.621. The second-order valence-corrected chi connectivity index (χ2v) is 4.90. The van der Waals surface area contributed by atoms with Crippen LogP contribution < -0.4 is 10.2 Å². The van der Waals surface area contributed by atoms with Gasteiger partial charge in [-0.1, -0.05) is 17.7 Å². The molecule has 0 aliphatic heterocycles. The van der Waals surface area contributed by atoms with Gasteiger partial charge in [-0.3, -0.25) is 14.9 Å². The van der Waals surface area contributed by atoms with Gasteiger partial charge in [0.25, 0.3) is 11.6 Å². The first kappa shape index (κ1) is 17.2. The van der Waals surface area contributed by atoms with Gasteiger partial charge in [0, 0.05) is 23.3 Å². The van der Waals surface area contributed by atoms with Crippen molar-refractivity contribution in [3.8, 4) is 11.5 Å². The number of phenols is 1. The Kier molecular flexibility index (Phi) is 5.33. The van der Waals surface area contributed by atoms with Crippen LogP contribution >= 0.6 is 11.6 Å². The summed E-state index contributed by atoms with van der Waals surface area (Å²) in [5.74, 6) is -0.658. The van der Waals surface area contributed by atoms with Gasteiger partial charge < -0.3 is 9.84 Å². The van der Waals surface area contributed by atoms with Crippen molar-refractivity contribution >= 4 is 29.4 Å². The molecule has 2 aromatic rings. The number of nitrogens with one attached hydrogen (secondary N) is 1. The minimum absolute atomic E-state index is 0.0164. The molecule has 0 unspecified atom stereocenters. The van der Waals surface area contributed by atoms with Crippen molar-refractivity contribution in [2.75, 3.05) is 7.11 Å². The maximum atomic E-state index is 11.9. The van der Waals surface area contributed by atoms with Crippen LogP contribution in [0.4, 0.5) is 5.69 Å². The van der Waals surface area contributed by atoms with E-state index in [4.69, 9.17) is 16.3 Å². The van der Waals surface area contributed by atoms with Crippen LogP contribution in [0, 0.1) is 10.1 Å². The summed E-state index contributed by atoms with van der Waals surface area (Å²) in [6.45, 7) is 0. The van der Waals surface area contributed by atoms with Gasteiger partial charge in [-0.2, -0.15) is 5.10 Å². The predicted octanol–water partition coefficient (Wildman–Crippen LogP) is 2.73. The van der Waals surface area contributed by atoms with E-state index in [9.17, 15) is 20.0 Å². The van der Waals surface area contributed by atoms with E-state index >= 15 is 0 Å². The van der Waals surface area contributed by atoms with Crippen molar-refractivity contribution in [2.24, 2.45) is 5.10 Å². The highest BCUT2D eigenvalue weighted by molar-refractivity contribution is 6.34. The van der Waals surface area contributed by atoms with Crippen molar-refractivity contribution in [3.05, 3.63) is 62.7 Å². The number of hydrogen-bond acceptors (Lipinski definition) is 6. The average molecular weight is 350 g/mol. The Morgan fingerprint density at radius 2 is 2.17 bits per heavy atom. The van der Waals surface area contributed by atoms with Crippen LogP contribution in [-0.2, 0) is 0 Å². The fourth-order valence-corrected chi connectivity index (χ4v) is 2.02. The molecule has 0 aliphatic carbocycles. The Labute approximate surface area is 141 Å². The molecule has 0 heterocycles. The molecule has 2 N–H and O–H groups in total. The number of amides is 1. The summed E-state index contributed by atoms with van der Waals surface area (Å²) in [6, 6.07) is 8.27. The van der Waals surface area contributed by atoms with Gasteiger partial charge >= 0.3 is 0 Å². The number of methoxy groups -OCH3 is 1. The first-order valence-corrected chi connectivity index (χ1v) is 6.95. The Hall–Kier alpha value is -3.13. The van der Waals surface area contributed by atoms with Crippen molar-refractivity contribution in [2.45, 2.75) is 0 Å². The molecule has 0 aromatic heterocycles. The SMILES string of the molecule is COc1ccc(/C=N/NC(=O)c2cccc([N+](=O)[O-])c2)c(Cl)c1O. The first-order valence-electron chi connectivity index (χ1n) is 6.57. The number of ether oxygens (including phenoxy) is 1. The van der Waals surface area contributed by atoms with Crippen molar-refractivity contribution in [1.29, 1.82) is 0 Å². The lowest BCUT2D eigenvalue weighted by atomic mass is 10.2. The molecule has 0 bridgehead atoms. The molecule has 0 saturated carbocycles. The number of nitro groups is 1. The van der Waals surface area contributed by atoms with E-state index in [-0.39, 0.29) is 27.8 Å². The number of hydrazone groups is 1. The second kappa shape index (κ2) is 7.42. The summed E-state index contributed by atoms with van der Waals surface area (Å²) >= 11 is 5.96. The lowest BCUT2D eigenvalue weighted by molar-refractivity contribution is -0.384. The Morgan fingerprint density at radius 1 is 1.42 bits per heavy atom. The van der Waals surface area contributed by atoms with Crippen LogP contribution in [0.5, 0.6) is 11.5 Å². The van der Waals surface area contributed by atoms with Crippen molar-refractivity contribution in [3.63, 3.8) is 0 Å². The number of carbonyl (C=O) groups excluding carboxylic acids is 1. The number of nitrogens with zero attached hydrogens (tertiary/aromatic N) is 2. The second-order valence-electron chi connectivity index (χ2n) is 4.53. The first-order chi connectivity index (χ1) is 11.4. The number of nitro benzene ring substituents is 1. The molecule has 2 aromatic carbocycles. The average Bonchev–Trinajstić information content (AvgIpc) is 2.58. The molecule has 0 fully saturated rings. The number of halogens is 1. The van der Waals surface area contributed by atoms with E-state index in [1.54, 1.807) is 6.07 Å². The number of non-ortho nitro benzene ring substituents is 1. The monoisotopic (exact) mass is 349 g/mol. The maximum absolute atomic E-state index is 11.9. The van der Waals surface area contributed by atoms with Gasteiger partial charge in [0.05, 0.1) is 23.3 Å². The standard InChI is InChI=1S/C15H12ClN3O5/c1-24-12-6-5-10(13(16)14(12)20)8-17-18-15(21)9-3-2-4-11(7-9)19(22)23/h2-8,20H,1H3,(H,18,21)/b17-8+. The topological polar surface area (TPSA) is 114 Å². The van der Waals surface area contributed by atoms with Crippen molar-refractivity contribution in [1.82, 2.24) is 5.43 Å². The third-order valence-electron chi connectivity index (χ3n) is 3.02. The molecule has 0 radical (unpaired) electrons. The Morgan fingerprint density at radius 3 is 2.83 bits per heavy atom. The zero-order valence-electron chi connectivity index (χ0n) is 12.4. The Balaban J connectivity index is 2.12. The fraction of sp³-hybridized carbons (Fsp3) is 0.0667. The number of carbonyl (C=O) groups is 1. The fourth-order valence-electron chi connectivity index (χ4n) is 1.81. The van der Waals surface area contributed by atoms with Crippen LogP contribution in [0.15, 0.2) is 41.5 Å². The van der Waals surface area contributed by atoms with Gasteiger partial charge in [-0.15, -0.1) is 0 Å². The summed E-state index contributed by atoms with van der Waals surface area (Å²) in [7, 11) is 1.39. The highest BCUT2D eigenvalue weighted by Gasteiger charge is 2.12. The Bertz CT molecular complexity index is 823. The van der Waals surface area contributed by atoms with Gasteiger partial charge in [-0.05, 0) is 18.2 Å². The lowest BCUT2D eigenvalue weighted by Gasteiger charge is -2.06. The lowest BCUT2D eigenvalue weighted by Crippen LogP contribution is -2.17. The quantitative estimate of drug-likeness (QED) is 0.489. The number of aromatic hydroxyl groups is 1. The summed E-state index contributed by atoms with van der Waals surface area (Å²) in [6.07, 6.45) is 1.23. The summed E-state index contributed by atoms with van der Waals surface area (Å²) in [5, 5.41) is 24.2. The largest absolute Gasteiger partial charge is 0.503 e. The molecule has 0 aliphatic rings. The molecule has 9 heteroatoms. The molecular weight excluding hydrogens is 338 g/mol. The molecular formula is C15H12ClN3O5.